The first-order valence-electron chi connectivity index (χ1n) is 11.3. The Morgan fingerprint density at radius 2 is 1.75 bits per heavy atom. The fourth-order valence-corrected chi connectivity index (χ4v) is 5.00. The van der Waals surface area contributed by atoms with Crippen LogP contribution in [0.5, 0.6) is 5.75 Å². The largest absolute Gasteiger partial charge is 0.486 e. The molecule has 8 heteroatoms. The second-order valence-corrected chi connectivity index (χ2v) is 9.88. The van der Waals surface area contributed by atoms with Gasteiger partial charge >= 0.3 is 0 Å². The lowest BCUT2D eigenvalue weighted by atomic mass is 10.1. The van der Waals surface area contributed by atoms with Crippen LogP contribution in [0.1, 0.15) is 23.9 Å². The zero-order valence-electron chi connectivity index (χ0n) is 19.2. The Kier molecular flexibility index (Phi) is 7.10. The lowest BCUT2D eigenvalue weighted by molar-refractivity contribution is 0.308. The fourth-order valence-electron chi connectivity index (χ4n) is 4.03. The van der Waals surface area contributed by atoms with Crippen LogP contribution in [0.15, 0.2) is 87.2 Å². The maximum Gasteiger partial charge on any atom is 0.282 e. The first-order chi connectivity index (χ1) is 17.4. The van der Waals surface area contributed by atoms with Crippen LogP contribution in [-0.4, -0.2) is 15.9 Å². The highest BCUT2D eigenvalue weighted by molar-refractivity contribution is 9.10. The minimum atomic E-state index is -0.248. The summed E-state index contributed by atoms with van der Waals surface area (Å²) in [7, 11) is 0. The Morgan fingerprint density at radius 1 is 1.00 bits per heavy atom. The molecule has 0 fully saturated rings. The van der Waals surface area contributed by atoms with Crippen LogP contribution in [0.2, 0.25) is 10.0 Å². The van der Waals surface area contributed by atoms with Crippen molar-refractivity contribution in [2.45, 2.75) is 20.0 Å². The van der Waals surface area contributed by atoms with Gasteiger partial charge in [-0.2, -0.15) is 9.78 Å². The summed E-state index contributed by atoms with van der Waals surface area (Å²) in [6, 6.07) is 23.0. The number of aromatic nitrogens is 2. The number of benzene rings is 4. The van der Waals surface area contributed by atoms with Crippen molar-refractivity contribution in [3.63, 3.8) is 0 Å². The third-order valence-corrected chi connectivity index (χ3v) is 6.84. The molecule has 0 aliphatic rings. The smallest absolute Gasteiger partial charge is 0.282 e. The normalized spacial score (nSPS) is 11.6. The van der Waals surface area contributed by atoms with Crippen LogP contribution in [-0.2, 0) is 13.0 Å². The Labute approximate surface area is 226 Å². The van der Waals surface area contributed by atoms with Crippen LogP contribution in [0.4, 0.5) is 0 Å². The molecule has 0 bridgehead atoms. The van der Waals surface area contributed by atoms with Crippen molar-refractivity contribution in [2.24, 2.45) is 5.10 Å². The molecule has 36 heavy (non-hydrogen) atoms. The first kappa shape index (κ1) is 24.5. The molecule has 0 atom stereocenters. The number of rotatable bonds is 6. The van der Waals surface area contributed by atoms with E-state index >= 15 is 0 Å². The Bertz CT molecular complexity index is 1670. The predicted octanol–water partition coefficient (Wildman–Crippen LogP) is 7.64. The van der Waals surface area contributed by atoms with Gasteiger partial charge in [0.15, 0.2) is 5.75 Å². The zero-order chi connectivity index (χ0) is 25.2. The molecule has 0 saturated carbocycles. The van der Waals surface area contributed by atoms with Crippen LogP contribution < -0.4 is 10.3 Å². The minimum absolute atomic E-state index is 0.248. The summed E-state index contributed by atoms with van der Waals surface area (Å²) in [4.78, 5) is 17.7. The van der Waals surface area contributed by atoms with Gasteiger partial charge in [-0.3, -0.25) is 4.79 Å². The molecule has 0 aliphatic carbocycles. The molecule has 4 aromatic carbocycles. The molecule has 0 unspecified atom stereocenters. The number of halogens is 3. The highest BCUT2D eigenvalue weighted by atomic mass is 79.9. The second kappa shape index (κ2) is 10.4. The number of aryl methyl sites for hydroxylation is 1. The van der Waals surface area contributed by atoms with Crippen molar-refractivity contribution in [2.75, 3.05) is 0 Å². The van der Waals surface area contributed by atoms with E-state index in [1.165, 1.54) is 10.9 Å². The van der Waals surface area contributed by atoms with Crippen molar-refractivity contribution in [3.8, 4) is 5.75 Å². The van der Waals surface area contributed by atoms with Gasteiger partial charge in [0, 0.05) is 10.9 Å². The molecule has 0 aliphatic heterocycles. The van der Waals surface area contributed by atoms with Crippen molar-refractivity contribution in [3.05, 3.63) is 115 Å². The monoisotopic (exact) mass is 579 g/mol. The topological polar surface area (TPSA) is 56.5 Å². The van der Waals surface area contributed by atoms with E-state index < -0.39 is 0 Å². The zero-order valence-corrected chi connectivity index (χ0v) is 22.3. The molecule has 5 nitrogen and oxygen atoms in total. The summed E-state index contributed by atoms with van der Waals surface area (Å²) >= 11 is 16.5. The van der Waals surface area contributed by atoms with Crippen molar-refractivity contribution >= 4 is 67.0 Å². The van der Waals surface area contributed by atoms with Crippen molar-refractivity contribution < 1.29 is 4.74 Å². The maximum absolute atomic E-state index is 13.1. The summed E-state index contributed by atoms with van der Waals surface area (Å²) in [6.07, 6.45) is 2.08. The van der Waals surface area contributed by atoms with Crippen molar-refractivity contribution in [1.29, 1.82) is 0 Å². The molecule has 0 spiro atoms. The molecule has 5 rings (SSSR count). The molecule has 0 saturated heterocycles. The van der Waals surface area contributed by atoms with E-state index in [-0.39, 0.29) is 5.56 Å². The molecule has 1 aromatic heterocycles. The van der Waals surface area contributed by atoms with Gasteiger partial charge in [0.2, 0.25) is 0 Å². The molecule has 1 heterocycles. The molecule has 0 radical (unpaired) electrons. The Balaban J connectivity index is 1.43. The van der Waals surface area contributed by atoms with Crippen LogP contribution >= 0.6 is 39.1 Å². The van der Waals surface area contributed by atoms with Gasteiger partial charge < -0.3 is 4.74 Å². The highest BCUT2D eigenvalue weighted by Gasteiger charge is 2.12. The minimum Gasteiger partial charge on any atom is -0.486 e. The predicted molar refractivity (Wildman–Crippen MR) is 151 cm³/mol. The third-order valence-electron chi connectivity index (χ3n) is 5.79. The number of nitrogens with zero attached hydrogens (tertiary/aromatic N) is 3. The lowest BCUT2D eigenvalue weighted by Gasteiger charge is -2.12. The first-order valence-corrected chi connectivity index (χ1v) is 12.8. The van der Waals surface area contributed by atoms with Gasteiger partial charge in [-0.15, -0.1) is 0 Å². The van der Waals surface area contributed by atoms with E-state index in [0.717, 1.165) is 20.8 Å². The molecular formula is C28H20BrCl2N3O2. The summed E-state index contributed by atoms with van der Waals surface area (Å²) in [5.74, 6) is 0.949. The van der Waals surface area contributed by atoms with Gasteiger partial charge in [0.25, 0.3) is 5.56 Å². The second-order valence-electron chi connectivity index (χ2n) is 8.15. The fraction of sp³-hybridized carbons (Fsp3) is 0.107. The van der Waals surface area contributed by atoms with Gasteiger partial charge in [-0.25, -0.2) is 4.98 Å². The summed E-state index contributed by atoms with van der Waals surface area (Å²) in [5, 5.41) is 7.85. The number of hydrogen-bond acceptors (Lipinski definition) is 4. The van der Waals surface area contributed by atoms with E-state index in [4.69, 9.17) is 27.9 Å². The van der Waals surface area contributed by atoms with Crippen molar-refractivity contribution in [1.82, 2.24) is 9.66 Å². The Hall–Kier alpha value is -3.19. The highest BCUT2D eigenvalue weighted by Crippen LogP contribution is 2.35. The molecule has 180 valence electrons. The van der Waals surface area contributed by atoms with Gasteiger partial charge in [-0.05, 0) is 52.2 Å². The van der Waals surface area contributed by atoms with E-state index in [2.05, 4.69) is 44.2 Å². The van der Waals surface area contributed by atoms with Gasteiger partial charge in [0.05, 0.1) is 27.2 Å². The van der Waals surface area contributed by atoms with Gasteiger partial charge in [-0.1, -0.05) is 88.5 Å². The molecule has 0 N–H and O–H groups in total. The third kappa shape index (κ3) is 4.89. The summed E-state index contributed by atoms with van der Waals surface area (Å²) in [6.45, 7) is 2.25. The maximum atomic E-state index is 13.1. The number of fused-ring (bicyclic) bond motifs is 2. The van der Waals surface area contributed by atoms with Crippen LogP contribution in [0.25, 0.3) is 21.7 Å². The molecular weight excluding hydrogens is 561 g/mol. The quantitative estimate of drug-likeness (QED) is 0.194. The standard InChI is InChI=1S/C28H20BrCl2N3O2/c1-2-26-33-25-11-10-20(29)14-22(25)28(35)34(26)32-15-17-12-23(30)27(24(31)13-17)36-16-19-8-5-7-18-6-3-4-9-21(18)19/h3-15H,2,16H2,1H3. The summed E-state index contributed by atoms with van der Waals surface area (Å²) in [5.41, 5.74) is 2.05. The molecule has 5 aromatic rings. The summed E-state index contributed by atoms with van der Waals surface area (Å²) < 4.78 is 8.12. The van der Waals surface area contributed by atoms with Crippen LogP contribution in [0.3, 0.4) is 0 Å². The molecule has 0 amide bonds. The SMILES string of the molecule is CCc1nc2ccc(Br)cc2c(=O)n1N=Cc1cc(Cl)c(OCc2cccc3ccccc23)c(Cl)c1. The lowest BCUT2D eigenvalue weighted by Crippen LogP contribution is -2.22. The van der Waals surface area contributed by atoms with E-state index in [1.54, 1.807) is 18.2 Å². The average molecular weight is 581 g/mol. The van der Waals surface area contributed by atoms with E-state index in [0.29, 0.717) is 51.1 Å². The van der Waals surface area contributed by atoms with Crippen LogP contribution in [0, 0.1) is 0 Å². The van der Waals surface area contributed by atoms with E-state index in [9.17, 15) is 4.79 Å². The Morgan fingerprint density at radius 3 is 2.53 bits per heavy atom. The average Bonchev–Trinajstić information content (AvgIpc) is 2.88. The number of ether oxygens (including phenoxy) is 1. The number of hydrogen-bond donors (Lipinski definition) is 0. The van der Waals surface area contributed by atoms with E-state index in [1.807, 2.05) is 43.3 Å². The van der Waals surface area contributed by atoms with Gasteiger partial charge in [0.1, 0.15) is 12.4 Å².